The molecule has 0 atom stereocenters. The van der Waals surface area contributed by atoms with Crippen molar-refractivity contribution in [1.82, 2.24) is 5.32 Å². The molecule has 1 rings (SSSR count). The van der Waals surface area contributed by atoms with Crippen LogP contribution < -0.4 is 5.32 Å². The Balaban J connectivity index is 0.00000169. The van der Waals surface area contributed by atoms with E-state index in [0.29, 0.717) is 13.3 Å². The lowest BCUT2D eigenvalue weighted by Crippen LogP contribution is -2.15. The normalized spacial score (nSPS) is 9.50. The van der Waals surface area contributed by atoms with E-state index in [2.05, 4.69) is 5.32 Å². The summed E-state index contributed by atoms with van der Waals surface area (Å²) in [5.74, 6) is 0.128. The van der Waals surface area contributed by atoms with E-state index in [1.54, 1.807) is 19.2 Å². The van der Waals surface area contributed by atoms with Crippen LogP contribution in [0.4, 0.5) is 0 Å². The van der Waals surface area contributed by atoms with Crippen LogP contribution in [-0.4, -0.2) is 24.1 Å². The fourth-order valence-corrected chi connectivity index (χ4v) is 1.06. The first kappa shape index (κ1) is 13.0. The number of aromatic hydroxyl groups is 2. The van der Waals surface area contributed by atoms with Crippen LogP contribution in [0.1, 0.15) is 5.56 Å². The molecule has 0 radical (unpaired) electrons. The van der Waals surface area contributed by atoms with Gasteiger partial charge in [-0.15, -0.1) is 12.4 Å². The Kier molecular flexibility index (Phi) is 6.03. The highest BCUT2D eigenvalue weighted by Gasteiger charge is 1.97. The first-order valence-corrected chi connectivity index (χ1v) is 3.94. The minimum Gasteiger partial charge on any atom is -0.508 e. The maximum atomic E-state index is 9.13. The quantitative estimate of drug-likeness (QED) is 0.526. The lowest BCUT2D eigenvalue weighted by molar-refractivity contribution is 0.174. The minimum atomic E-state index is 0. The van der Waals surface area contributed by atoms with Gasteiger partial charge in [0.25, 0.3) is 0 Å². The number of hydrogen-bond acceptors (Lipinski definition) is 4. The van der Waals surface area contributed by atoms with Crippen LogP contribution in [0.2, 0.25) is 0 Å². The SMILES string of the molecule is COCNCc1cc(O)cc(O)c1.Cl. The van der Waals surface area contributed by atoms with E-state index in [1.165, 1.54) is 6.07 Å². The van der Waals surface area contributed by atoms with Gasteiger partial charge < -0.3 is 14.9 Å². The van der Waals surface area contributed by atoms with Gasteiger partial charge in [0, 0.05) is 19.7 Å². The van der Waals surface area contributed by atoms with Gasteiger partial charge in [-0.1, -0.05) is 0 Å². The molecule has 5 heteroatoms. The highest BCUT2D eigenvalue weighted by atomic mass is 35.5. The average molecular weight is 220 g/mol. The van der Waals surface area contributed by atoms with E-state index in [0.717, 1.165) is 5.56 Å². The molecule has 4 nitrogen and oxygen atoms in total. The van der Waals surface area contributed by atoms with E-state index in [9.17, 15) is 0 Å². The highest BCUT2D eigenvalue weighted by molar-refractivity contribution is 5.85. The molecule has 0 saturated heterocycles. The molecule has 0 aliphatic rings. The fraction of sp³-hybridized carbons (Fsp3) is 0.333. The zero-order chi connectivity index (χ0) is 9.68. The third-order valence-corrected chi connectivity index (χ3v) is 1.54. The molecule has 0 amide bonds. The molecule has 0 aliphatic carbocycles. The smallest absolute Gasteiger partial charge is 0.119 e. The van der Waals surface area contributed by atoms with E-state index in [-0.39, 0.29) is 23.9 Å². The highest BCUT2D eigenvalue weighted by Crippen LogP contribution is 2.19. The first-order chi connectivity index (χ1) is 6.22. The van der Waals surface area contributed by atoms with Crippen molar-refractivity contribution in [3.05, 3.63) is 23.8 Å². The second-order valence-corrected chi connectivity index (χ2v) is 2.72. The number of rotatable bonds is 4. The molecule has 0 fully saturated rings. The Labute approximate surface area is 88.9 Å². The molecule has 14 heavy (non-hydrogen) atoms. The average Bonchev–Trinajstić information content (AvgIpc) is 2.03. The molecule has 0 aromatic heterocycles. The van der Waals surface area contributed by atoms with Crippen molar-refractivity contribution in [2.45, 2.75) is 6.54 Å². The lowest BCUT2D eigenvalue weighted by atomic mass is 10.2. The number of methoxy groups -OCH3 is 1. The van der Waals surface area contributed by atoms with Gasteiger partial charge >= 0.3 is 0 Å². The monoisotopic (exact) mass is 219 g/mol. The number of halogens is 1. The van der Waals surface area contributed by atoms with Gasteiger partial charge in [-0.2, -0.15) is 0 Å². The fourth-order valence-electron chi connectivity index (χ4n) is 1.06. The first-order valence-electron chi connectivity index (χ1n) is 3.94. The predicted octanol–water partition coefficient (Wildman–Crippen LogP) is 1.21. The summed E-state index contributed by atoms with van der Waals surface area (Å²) in [5, 5.41) is 21.2. The maximum Gasteiger partial charge on any atom is 0.119 e. The minimum absolute atomic E-state index is 0. The summed E-state index contributed by atoms with van der Waals surface area (Å²) < 4.78 is 4.79. The Bertz CT molecular complexity index is 261. The Morgan fingerprint density at radius 2 is 1.79 bits per heavy atom. The number of benzene rings is 1. The summed E-state index contributed by atoms with van der Waals surface area (Å²) in [4.78, 5) is 0. The van der Waals surface area contributed by atoms with Crippen molar-refractivity contribution < 1.29 is 14.9 Å². The van der Waals surface area contributed by atoms with Gasteiger partial charge in [0.1, 0.15) is 11.5 Å². The van der Waals surface area contributed by atoms with Crippen LogP contribution in [0.25, 0.3) is 0 Å². The molecule has 1 aromatic carbocycles. The summed E-state index contributed by atoms with van der Waals surface area (Å²) in [7, 11) is 1.59. The second kappa shape index (κ2) is 6.48. The molecular formula is C9H14ClNO3. The summed E-state index contributed by atoms with van der Waals surface area (Å²) >= 11 is 0. The zero-order valence-electron chi connectivity index (χ0n) is 7.86. The van der Waals surface area contributed by atoms with E-state index < -0.39 is 0 Å². The Hall–Kier alpha value is -0.970. The van der Waals surface area contributed by atoms with E-state index in [1.807, 2.05) is 0 Å². The lowest BCUT2D eigenvalue weighted by Gasteiger charge is -2.04. The van der Waals surface area contributed by atoms with E-state index >= 15 is 0 Å². The molecule has 0 spiro atoms. The summed E-state index contributed by atoms with van der Waals surface area (Å²) in [5.41, 5.74) is 0.814. The van der Waals surface area contributed by atoms with Gasteiger partial charge in [-0.05, 0) is 17.7 Å². The van der Waals surface area contributed by atoms with Crippen LogP contribution in [0.15, 0.2) is 18.2 Å². The molecule has 80 valence electrons. The standard InChI is InChI=1S/C9H13NO3.ClH/c1-13-6-10-5-7-2-8(11)4-9(12)3-7;/h2-4,10-12H,5-6H2,1H3;1H. The summed E-state index contributed by atoms with van der Waals surface area (Å²) in [6, 6.07) is 4.46. The molecular weight excluding hydrogens is 206 g/mol. The Morgan fingerprint density at radius 1 is 1.21 bits per heavy atom. The number of phenols is 2. The van der Waals surface area contributed by atoms with Gasteiger partial charge in [0.2, 0.25) is 0 Å². The maximum absolute atomic E-state index is 9.13. The molecule has 3 N–H and O–H groups in total. The third kappa shape index (κ3) is 4.32. The van der Waals surface area contributed by atoms with Crippen molar-refractivity contribution in [1.29, 1.82) is 0 Å². The number of hydrogen-bond donors (Lipinski definition) is 3. The molecule has 0 saturated carbocycles. The summed E-state index contributed by atoms with van der Waals surface area (Å²) in [6.07, 6.45) is 0. The predicted molar refractivity (Wildman–Crippen MR) is 55.7 cm³/mol. The van der Waals surface area contributed by atoms with Gasteiger partial charge in [-0.3, -0.25) is 5.32 Å². The van der Waals surface area contributed by atoms with Gasteiger partial charge in [-0.25, -0.2) is 0 Å². The van der Waals surface area contributed by atoms with Crippen molar-refractivity contribution in [2.75, 3.05) is 13.8 Å². The largest absolute Gasteiger partial charge is 0.508 e. The van der Waals surface area contributed by atoms with Crippen molar-refractivity contribution >= 4 is 12.4 Å². The number of phenolic OH excluding ortho intramolecular Hbond substituents is 2. The van der Waals surface area contributed by atoms with Crippen LogP contribution in [-0.2, 0) is 11.3 Å². The molecule has 0 unspecified atom stereocenters. The van der Waals surface area contributed by atoms with Crippen molar-refractivity contribution in [2.24, 2.45) is 0 Å². The van der Waals surface area contributed by atoms with E-state index in [4.69, 9.17) is 14.9 Å². The Morgan fingerprint density at radius 3 is 2.29 bits per heavy atom. The molecule has 1 aromatic rings. The van der Waals surface area contributed by atoms with Crippen LogP contribution in [0.5, 0.6) is 11.5 Å². The van der Waals surface area contributed by atoms with Crippen LogP contribution in [0.3, 0.4) is 0 Å². The van der Waals surface area contributed by atoms with Crippen molar-refractivity contribution in [3.8, 4) is 11.5 Å². The number of ether oxygens (including phenoxy) is 1. The third-order valence-electron chi connectivity index (χ3n) is 1.54. The number of nitrogens with one attached hydrogen (secondary N) is 1. The molecule has 0 aliphatic heterocycles. The molecule has 0 bridgehead atoms. The zero-order valence-corrected chi connectivity index (χ0v) is 8.67. The summed E-state index contributed by atoms with van der Waals surface area (Å²) in [6.45, 7) is 0.992. The van der Waals surface area contributed by atoms with Gasteiger partial charge in [0.15, 0.2) is 0 Å². The molecule has 0 heterocycles. The van der Waals surface area contributed by atoms with Crippen molar-refractivity contribution in [3.63, 3.8) is 0 Å². The topological polar surface area (TPSA) is 61.7 Å². The van der Waals surface area contributed by atoms with Crippen LogP contribution >= 0.6 is 12.4 Å². The van der Waals surface area contributed by atoms with Crippen LogP contribution in [0, 0.1) is 0 Å². The van der Waals surface area contributed by atoms with Gasteiger partial charge in [0.05, 0.1) is 6.73 Å². The second-order valence-electron chi connectivity index (χ2n) is 2.72.